The Morgan fingerprint density at radius 3 is 3.00 bits per heavy atom. The third-order valence-electron chi connectivity index (χ3n) is 2.89. The second kappa shape index (κ2) is 7.14. The molecule has 20 heavy (non-hydrogen) atoms. The average Bonchev–Trinajstić information content (AvgIpc) is 2.87. The summed E-state index contributed by atoms with van der Waals surface area (Å²) in [4.78, 5) is 12.2. The standard InChI is InChI=1S/C15H19N3OS/c1-3-5-13-9-14(18-17-13)16-15(19)12-7-4-6-11(8-12)10-20-2/h4,6-9H,3,5,10H2,1-2H3,(H2,16,17,18,19). The van der Waals surface area contributed by atoms with Crippen LogP contribution in [0.2, 0.25) is 0 Å². The van der Waals surface area contributed by atoms with Crippen LogP contribution in [0.25, 0.3) is 0 Å². The van der Waals surface area contributed by atoms with Crippen LogP contribution >= 0.6 is 11.8 Å². The minimum Gasteiger partial charge on any atom is -0.305 e. The molecule has 1 amide bonds. The van der Waals surface area contributed by atoms with E-state index in [1.54, 1.807) is 11.8 Å². The van der Waals surface area contributed by atoms with Crippen LogP contribution in [0.4, 0.5) is 5.82 Å². The van der Waals surface area contributed by atoms with Gasteiger partial charge < -0.3 is 5.32 Å². The van der Waals surface area contributed by atoms with E-state index in [-0.39, 0.29) is 5.91 Å². The Kier molecular flexibility index (Phi) is 5.24. The van der Waals surface area contributed by atoms with Crippen LogP contribution in [0, 0.1) is 0 Å². The van der Waals surface area contributed by atoms with Crippen molar-refractivity contribution in [2.45, 2.75) is 25.5 Å². The Morgan fingerprint density at radius 2 is 2.25 bits per heavy atom. The van der Waals surface area contributed by atoms with Gasteiger partial charge in [-0.15, -0.1) is 0 Å². The van der Waals surface area contributed by atoms with Crippen molar-refractivity contribution in [2.75, 3.05) is 11.6 Å². The number of hydrogen-bond donors (Lipinski definition) is 2. The summed E-state index contributed by atoms with van der Waals surface area (Å²) in [5.41, 5.74) is 2.86. The SMILES string of the molecule is CCCc1cc(NC(=O)c2cccc(CSC)c2)n[nH]1. The fourth-order valence-electron chi connectivity index (χ4n) is 1.98. The molecule has 0 fully saturated rings. The Bertz CT molecular complexity index is 580. The maximum Gasteiger partial charge on any atom is 0.256 e. The maximum absolute atomic E-state index is 12.2. The Morgan fingerprint density at radius 1 is 1.40 bits per heavy atom. The molecule has 1 aromatic carbocycles. The molecule has 4 nitrogen and oxygen atoms in total. The lowest BCUT2D eigenvalue weighted by Crippen LogP contribution is -2.12. The number of aryl methyl sites for hydroxylation is 1. The van der Waals surface area contributed by atoms with Gasteiger partial charge in [-0.3, -0.25) is 9.89 Å². The lowest BCUT2D eigenvalue weighted by Gasteiger charge is -2.04. The minimum atomic E-state index is -0.123. The van der Waals surface area contributed by atoms with Gasteiger partial charge in [0.25, 0.3) is 5.91 Å². The number of nitrogens with one attached hydrogen (secondary N) is 2. The van der Waals surface area contributed by atoms with Crippen LogP contribution in [0.5, 0.6) is 0 Å². The summed E-state index contributed by atoms with van der Waals surface area (Å²) in [6.45, 7) is 2.11. The number of aromatic amines is 1. The van der Waals surface area contributed by atoms with Crippen LogP contribution in [0.15, 0.2) is 30.3 Å². The quantitative estimate of drug-likeness (QED) is 0.856. The van der Waals surface area contributed by atoms with E-state index in [0.29, 0.717) is 11.4 Å². The number of hydrogen-bond acceptors (Lipinski definition) is 3. The topological polar surface area (TPSA) is 57.8 Å². The molecule has 106 valence electrons. The normalized spacial score (nSPS) is 10.5. The molecular weight excluding hydrogens is 270 g/mol. The van der Waals surface area contributed by atoms with Gasteiger partial charge >= 0.3 is 0 Å². The molecule has 0 saturated carbocycles. The first-order chi connectivity index (χ1) is 9.72. The van der Waals surface area contributed by atoms with Crippen LogP contribution in [-0.4, -0.2) is 22.4 Å². The second-order valence-electron chi connectivity index (χ2n) is 4.62. The van der Waals surface area contributed by atoms with Crippen LogP contribution < -0.4 is 5.32 Å². The van der Waals surface area contributed by atoms with Crippen molar-refractivity contribution in [3.63, 3.8) is 0 Å². The summed E-state index contributed by atoms with van der Waals surface area (Å²) in [6, 6.07) is 9.56. The zero-order valence-electron chi connectivity index (χ0n) is 11.8. The van der Waals surface area contributed by atoms with Gasteiger partial charge in [-0.25, -0.2) is 0 Å². The predicted octanol–water partition coefficient (Wildman–Crippen LogP) is 3.48. The molecule has 0 unspecified atom stereocenters. The fourth-order valence-corrected chi connectivity index (χ4v) is 2.49. The number of thioether (sulfide) groups is 1. The monoisotopic (exact) mass is 289 g/mol. The van der Waals surface area contributed by atoms with Gasteiger partial charge in [0, 0.05) is 23.1 Å². The van der Waals surface area contributed by atoms with E-state index in [4.69, 9.17) is 0 Å². The highest BCUT2D eigenvalue weighted by Gasteiger charge is 2.09. The molecule has 0 radical (unpaired) electrons. The zero-order chi connectivity index (χ0) is 14.4. The van der Waals surface area contributed by atoms with Gasteiger partial charge in [0.1, 0.15) is 0 Å². The number of H-pyrrole nitrogens is 1. The van der Waals surface area contributed by atoms with E-state index < -0.39 is 0 Å². The lowest BCUT2D eigenvalue weighted by molar-refractivity contribution is 0.102. The van der Waals surface area contributed by atoms with Gasteiger partial charge in [0.15, 0.2) is 5.82 Å². The van der Waals surface area contributed by atoms with Crippen molar-refractivity contribution in [2.24, 2.45) is 0 Å². The fraction of sp³-hybridized carbons (Fsp3) is 0.333. The van der Waals surface area contributed by atoms with E-state index in [1.807, 2.05) is 36.6 Å². The number of nitrogens with zero attached hydrogens (tertiary/aromatic N) is 1. The van der Waals surface area contributed by atoms with Crippen molar-refractivity contribution in [1.82, 2.24) is 10.2 Å². The van der Waals surface area contributed by atoms with Crippen molar-refractivity contribution in [1.29, 1.82) is 0 Å². The molecule has 1 aromatic heterocycles. The summed E-state index contributed by atoms with van der Waals surface area (Å²) < 4.78 is 0. The first-order valence-electron chi connectivity index (χ1n) is 6.66. The second-order valence-corrected chi connectivity index (χ2v) is 5.48. The summed E-state index contributed by atoms with van der Waals surface area (Å²) in [7, 11) is 0. The zero-order valence-corrected chi connectivity index (χ0v) is 12.6. The van der Waals surface area contributed by atoms with Crippen LogP contribution in [0.3, 0.4) is 0 Å². The molecule has 0 spiro atoms. The molecule has 5 heteroatoms. The van der Waals surface area contributed by atoms with Crippen LogP contribution in [0.1, 0.15) is 35.0 Å². The lowest BCUT2D eigenvalue weighted by atomic mass is 10.1. The number of anilines is 1. The third kappa shape index (κ3) is 3.87. The molecule has 2 aromatic rings. The molecule has 2 N–H and O–H groups in total. The summed E-state index contributed by atoms with van der Waals surface area (Å²) in [6.07, 6.45) is 4.03. The first-order valence-corrected chi connectivity index (χ1v) is 8.06. The minimum absolute atomic E-state index is 0.123. The van der Waals surface area contributed by atoms with Crippen molar-refractivity contribution >= 4 is 23.5 Å². The highest BCUT2D eigenvalue weighted by molar-refractivity contribution is 7.97. The van der Waals surface area contributed by atoms with Gasteiger partial charge in [-0.1, -0.05) is 25.5 Å². The van der Waals surface area contributed by atoms with Gasteiger partial charge in [-0.2, -0.15) is 16.9 Å². The average molecular weight is 289 g/mol. The van der Waals surface area contributed by atoms with Gasteiger partial charge in [-0.05, 0) is 30.4 Å². The molecule has 0 atom stereocenters. The number of rotatable bonds is 6. The predicted molar refractivity (Wildman–Crippen MR) is 84.2 cm³/mol. The van der Waals surface area contributed by atoms with E-state index in [0.717, 1.165) is 29.9 Å². The number of benzene rings is 1. The molecule has 0 aliphatic rings. The molecule has 0 aliphatic heterocycles. The Hall–Kier alpha value is -1.75. The maximum atomic E-state index is 12.2. The van der Waals surface area contributed by atoms with E-state index in [9.17, 15) is 4.79 Å². The van der Waals surface area contributed by atoms with E-state index in [1.165, 1.54) is 0 Å². The number of aromatic nitrogens is 2. The molecule has 0 bridgehead atoms. The van der Waals surface area contributed by atoms with E-state index in [2.05, 4.69) is 22.4 Å². The molecular formula is C15H19N3OS. The first kappa shape index (κ1) is 14.7. The number of amides is 1. The highest BCUT2D eigenvalue weighted by Crippen LogP contribution is 2.13. The van der Waals surface area contributed by atoms with Gasteiger partial charge in [0.2, 0.25) is 0 Å². The van der Waals surface area contributed by atoms with Gasteiger partial charge in [0.05, 0.1) is 0 Å². The molecule has 2 rings (SSSR count). The van der Waals surface area contributed by atoms with Crippen molar-refractivity contribution in [3.05, 3.63) is 47.2 Å². The highest BCUT2D eigenvalue weighted by atomic mass is 32.2. The Balaban J connectivity index is 2.05. The largest absolute Gasteiger partial charge is 0.305 e. The molecule has 0 aliphatic carbocycles. The van der Waals surface area contributed by atoms with Crippen LogP contribution in [-0.2, 0) is 12.2 Å². The molecule has 1 heterocycles. The van der Waals surface area contributed by atoms with Crippen molar-refractivity contribution < 1.29 is 4.79 Å². The van der Waals surface area contributed by atoms with Crippen molar-refractivity contribution in [3.8, 4) is 0 Å². The third-order valence-corrected chi connectivity index (χ3v) is 3.51. The summed E-state index contributed by atoms with van der Waals surface area (Å²) >= 11 is 1.74. The molecule has 0 saturated heterocycles. The number of carbonyl (C=O) groups excluding carboxylic acids is 1. The summed E-state index contributed by atoms with van der Waals surface area (Å²) in [5, 5.41) is 9.84. The Labute approximate surface area is 123 Å². The van der Waals surface area contributed by atoms with E-state index >= 15 is 0 Å². The summed E-state index contributed by atoms with van der Waals surface area (Å²) in [5.74, 6) is 1.36. The number of carbonyl (C=O) groups is 1. The smallest absolute Gasteiger partial charge is 0.256 e.